The van der Waals surface area contributed by atoms with Gasteiger partial charge >= 0.3 is 0 Å². The summed E-state index contributed by atoms with van der Waals surface area (Å²) in [5.41, 5.74) is 5.33. The Hall–Kier alpha value is -4.07. The molecule has 0 atom stereocenters. The van der Waals surface area contributed by atoms with Crippen molar-refractivity contribution in [2.75, 3.05) is 0 Å². The maximum Gasteiger partial charge on any atom is 0.293 e. The molecule has 1 aliphatic rings. The fourth-order valence-corrected chi connectivity index (χ4v) is 4.56. The van der Waals surface area contributed by atoms with Crippen molar-refractivity contribution in [2.45, 2.75) is 20.4 Å². The van der Waals surface area contributed by atoms with Crippen LogP contribution in [0.15, 0.2) is 59.5 Å². The zero-order chi connectivity index (χ0) is 22.8. The second-order valence-corrected chi connectivity index (χ2v) is 8.35. The third kappa shape index (κ3) is 3.82. The summed E-state index contributed by atoms with van der Waals surface area (Å²) in [7, 11) is 0. The van der Waals surface area contributed by atoms with Crippen LogP contribution in [0.2, 0.25) is 0 Å². The van der Waals surface area contributed by atoms with E-state index in [1.54, 1.807) is 42.5 Å². The first-order valence-corrected chi connectivity index (χ1v) is 10.7. The van der Waals surface area contributed by atoms with E-state index in [0.717, 1.165) is 34.4 Å². The lowest BCUT2D eigenvalue weighted by molar-refractivity contribution is -0.123. The molecule has 0 unspecified atom stereocenters. The molecular weight excluding hydrogens is 420 g/mol. The quantitative estimate of drug-likeness (QED) is 0.530. The summed E-state index contributed by atoms with van der Waals surface area (Å²) in [6, 6.07) is 20.4. The number of hydrogen-bond acceptors (Lipinski definition) is 5. The van der Waals surface area contributed by atoms with E-state index in [-0.39, 0.29) is 17.7 Å². The Morgan fingerprint density at radius 1 is 1.00 bits per heavy atom. The summed E-state index contributed by atoms with van der Waals surface area (Å²) in [6.45, 7) is 3.98. The summed E-state index contributed by atoms with van der Waals surface area (Å²) < 4.78 is 2.04. The van der Waals surface area contributed by atoms with Crippen LogP contribution < -0.4 is 0 Å². The van der Waals surface area contributed by atoms with Gasteiger partial charge in [-0.25, -0.2) is 0 Å². The van der Waals surface area contributed by atoms with Crippen molar-refractivity contribution in [3.63, 3.8) is 0 Å². The maximum atomic E-state index is 13.0. The van der Waals surface area contributed by atoms with Gasteiger partial charge in [-0.3, -0.25) is 14.5 Å². The smallest absolute Gasteiger partial charge is 0.293 e. The standard InChI is InChI=1S/C25H18N4O2S/c1-16-11-21(17(2)29(16)22-9-7-18(13-26)8-10-22)12-23-24(30)28(25(31)32-23)15-20-6-4-3-5-19(20)14-27/h3-12H,15H2,1-2H3/b23-12+. The van der Waals surface area contributed by atoms with Gasteiger partial charge in [0, 0.05) is 17.1 Å². The second kappa shape index (κ2) is 8.58. The predicted octanol–water partition coefficient (Wildman–Crippen LogP) is 5.07. The minimum atomic E-state index is -0.365. The summed E-state index contributed by atoms with van der Waals surface area (Å²) in [4.78, 5) is 27.0. The highest BCUT2D eigenvalue weighted by Crippen LogP contribution is 2.35. The number of nitrogens with zero attached hydrogens (tertiary/aromatic N) is 4. The number of aromatic nitrogens is 1. The number of aryl methyl sites for hydroxylation is 1. The molecule has 1 fully saturated rings. The maximum absolute atomic E-state index is 13.0. The number of amides is 2. The van der Waals surface area contributed by atoms with E-state index in [9.17, 15) is 14.9 Å². The minimum absolute atomic E-state index is 0.0655. The normalized spacial score (nSPS) is 14.6. The number of hydrogen-bond donors (Lipinski definition) is 0. The molecule has 0 radical (unpaired) electrons. The molecule has 6 nitrogen and oxygen atoms in total. The first-order valence-electron chi connectivity index (χ1n) is 9.85. The fourth-order valence-electron chi connectivity index (χ4n) is 3.73. The molecule has 32 heavy (non-hydrogen) atoms. The molecule has 156 valence electrons. The van der Waals surface area contributed by atoms with Crippen LogP contribution in [0.3, 0.4) is 0 Å². The highest BCUT2D eigenvalue weighted by molar-refractivity contribution is 8.18. The van der Waals surface area contributed by atoms with Crippen molar-refractivity contribution in [2.24, 2.45) is 0 Å². The first-order chi connectivity index (χ1) is 15.4. The first kappa shape index (κ1) is 21.2. The lowest BCUT2D eigenvalue weighted by Gasteiger charge is -2.13. The number of thioether (sulfide) groups is 1. The van der Waals surface area contributed by atoms with Gasteiger partial charge < -0.3 is 4.57 Å². The van der Waals surface area contributed by atoms with E-state index < -0.39 is 0 Å². The average molecular weight is 439 g/mol. The third-order valence-electron chi connectivity index (χ3n) is 5.35. The highest BCUT2D eigenvalue weighted by Gasteiger charge is 2.35. The molecule has 0 spiro atoms. The van der Waals surface area contributed by atoms with Gasteiger partial charge in [-0.1, -0.05) is 18.2 Å². The second-order valence-electron chi connectivity index (χ2n) is 7.36. The van der Waals surface area contributed by atoms with E-state index in [0.29, 0.717) is 21.6 Å². The molecule has 0 aliphatic carbocycles. The Bertz CT molecular complexity index is 1350. The average Bonchev–Trinajstić information content (AvgIpc) is 3.23. The Balaban J connectivity index is 1.63. The van der Waals surface area contributed by atoms with Crippen LogP contribution in [0, 0.1) is 36.5 Å². The van der Waals surface area contributed by atoms with Crippen LogP contribution in [0.4, 0.5) is 4.79 Å². The number of rotatable bonds is 4. The van der Waals surface area contributed by atoms with Gasteiger partial charge in [0.25, 0.3) is 11.1 Å². The Labute approximate surface area is 190 Å². The summed E-state index contributed by atoms with van der Waals surface area (Å²) in [5.74, 6) is -0.365. The molecule has 2 heterocycles. The van der Waals surface area contributed by atoms with Crippen LogP contribution >= 0.6 is 11.8 Å². The molecule has 4 rings (SSSR count). The molecule has 1 saturated heterocycles. The van der Waals surface area contributed by atoms with Crippen molar-refractivity contribution in [3.05, 3.63) is 93.1 Å². The third-order valence-corrected chi connectivity index (χ3v) is 6.26. The number of carbonyl (C=O) groups is 2. The van der Waals surface area contributed by atoms with Crippen LogP contribution in [0.25, 0.3) is 11.8 Å². The van der Waals surface area contributed by atoms with Crippen molar-refractivity contribution in [1.29, 1.82) is 10.5 Å². The Morgan fingerprint density at radius 3 is 2.41 bits per heavy atom. The molecule has 0 saturated carbocycles. The summed E-state index contributed by atoms with van der Waals surface area (Å²) in [6.07, 6.45) is 1.74. The zero-order valence-electron chi connectivity index (χ0n) is 17.5. The topological polar surface area (TPSA) is 89.9 Å². The van der Waals surface area contributed by atoms with Gasteiger partial charge in [-0.2, -0.15) is 10.5 Å². The van der Waals surface area contributed by atoms with Gasteiger partial charge in [0.1, 0.15) is 0 Å². The molecule has 7 heteroatoms. The minimum Gasteiger partial charge on any atom is -0.318 e. The number of benzene rings is 2. The Morgan fingerprint density at radius 2 is 1.72 bits per heavy atom. The van der Waals surface area contributed by atoms with Gasteiger partial charge in [-0.15, -0.1) is 0 Å². The van der Waals surface area contributed by atoms with Crippen LogP contribution in [-0.4, -0.2) is 20.6 Å². The van der Waals surface area contributed by atoms with Crippen LogP contribution in [0.1, 0.15) is 33.6 Å². The van der Waals surface area contributed by atoms with Gasteiger partial charge in [0.2, 0.25) is 0 Å². The number of carbonyl (C=O) groups excluding carboxylic acids is 2. The molecule has 2 amide bonds. The number of nitriles is 2. The van der Waals surface area contributed by atoms with Gasteiger partial charge in [-0.05, 0) is 79.2 Å². The van der Waals surface area contributed by atoms with E-state index >= 15 is 0 Å². The Kier molecular flexibility index (Phi) is 5.68. The van der Waals surface area contributed by atoms with Crippen molar-refractivity contribution in [1.82, 2.24) is 9.47 Å². The molecule has 1 aromatic heterocycles. The largest absolute Gasteiger partial charge is 0.318 e. The molecule has 3 aromatic rings. The fraction of sp³-hybridized carbons (Fsp3) is 0.120. The lowest BCUT2D eigenvalue weighted by Crippen LogP contribution is -2.27. The van der Waals surface area contributed by atoms with Gasteiger partial charge in [0.15, 0.2) is 0 Å². The van der Waals surface area contributed by atoms with Gasteiger partial charge in [0.05, 0.1) is 34.7 Å². The predicted molar refractivity (Wildman–Crippen MR) is 123 cm³/mol. The van der Waals surface area contributed by atoms with E-state index in [1.165, 1.54) is 4.90 Å². The van der Waals surface area contributed by atoms with E-state index in [4.69, 9.17) is 5.26 Å². The van der Waals surface area contributed by atoms with Crippen molar-refractivity contribution >= 4 is 29.0 Å². The molecular formula is C25H18N4O2S. The number of imide groups is 1. The zero-order valence-corrected chi connectivity index (χ0v) is 18.3. The molecule has 1 aliphatic heterocycles. The SMILES string of the molecule is Cc1cc(/C=C2/SC(=O)N(Cc3ccccc3C#N)C2=O)c(C)n1-c1ccc(C#N)cc1. The van der Waals surface area contributed by atoms with E-state index in [2.05, 4.69) is 12.1 Å². The monoisotopic (exact) mass is 438 g/mol. The van der Waals surface area contributed by atoms with E-state index in [1.807, 2.05) is 36.6 Å². The van der Waals surface area contributed by atoms with Crippen LogP contribution in [0.5, 0.6) is 0 Å². The van der Waals surface area contributed by atoms with Crippen molar-refractivity contribution in [3.8, 4) is 17.8 Å². The lowest BCUT2D eigenvalue weighted by atomic mass is 10.1. The molecule has 0 bridgehead atoms. The van der Waals surface area contributed by atoms with Crippen LogP contribution in [-0.2, 0) is 11.3 Å². The molecule has 2 aromatic carbocycles. The van der Waals surface area contributed by atoms with Crippen molar-refractivity contribution < 1.29 is 9.59 Å². The molecule has 0 N–H and O–H groups in total. The summed E-state index contributed by atoms with van der Waals surface area (Å²) >= 11 is 0.904. The summed E-state index contributed by atoms with van der Waals surface area (Å²) in [5, 5.41) is 17.9. The highest BCUT2D eigenvalue weighted by atomic mass is 32.2.